The summed E-state index contributed by atoms with van der Waals surface area (Å²) in [5.41, 5.74) is 2.55. The van der Waals surface area contributed by atoms with E-state index in [1.807, 2.05) is 17.9 Å². The van der Waals surface area contributed by atoms with Crippen LogP contribution in [0.15, 0.2) is 46.1 Å². The number of anilines is 1. The molecule has 0 radical (unpaired) electrons. The molecule has 1 aliphatic heterocycles. The van der Waals surface area contributed by atoms with Gasteiger partial charge in [0.15, 0.2) is 5.96 Å². The van der Waals surface area contributed by atoms with E-state index in [0.717, 1.165) is 55.9 Å². The zero-order chi connectivity index (χ0) is 19.1. The van der Waals surface area contributed by atoms with E-state index >= 15 is 0 Å². The third-order valence-electron chi connectivity index (χ3n) is 4.72. The van der Waals surface area contributed by atoms with Crippen molar-refractivity contribution in [3.8, 4) is 0 Å². The van der Waals surface area contributed by atoms with Gasteiger partial charge in [0.2, 0.25) is 0 Å². The van der Waals surface area contributed by atoms with Gasteiger partial charge < -0.3 is 15.5 Å². The molecule has 1 fully saturated rings. The predicted octanol–water partition coefficient (Wildman–Crippen LogP) is 2.95. The van der Waals surface area contributed by atoms with Crippen LogP contribution in [0.4, 0.5) is 5.69 Å². The number of rotatable bonds is 7. The van der Waals surface area contributed by atoms with Crippen LogP contribution >= 0.6 is 15.9 Å². The fourth-order valence-corrected chi connectivity index (χ4v) is 3.62. The summed E-state index contributed by atoms with van der Waals surface area (Å²) in [4.78, 5) is 7.18. The molecule has 2 aromatic rings. The summed E-state index contributed by atoms with van der Waals surface area (Å²) in [7, 11) is 1.95. The van der Waals surface area contributed by atoms with E-state index in [-0.39, 0.29) is 0 Å². The first-order valence-electron chi connectivity index (χ1n) is 9.67. The van der Waals surface area contributed by atoms with Crippen molar-refractivity contribution in [1.29, 1.82) is 0 Å². The highest BCUT2D eigenvalue weighted by Crippen LogP contribution is 2.22. The Kier molecular flexibility index (Phi) is 7.15. The summed E-state index contributed by atoms with van der Waals surface area (Å²) in [6, 6.07) is 8.96. The third-order valence-corrected chi connectivity index (χ3v) is 5.25. The van der Waals surface area contributed by atoms with Gasteiger partial charge in [0.05, 0.1) is 6.20 Å². The Hall–Kier alpha value is -2.02. The van der Waals surface area contributed by atoms with Crippen LogP contribution in [0.25, 0.3) is 0 Å². The number of aromatic nitrogens is 2. The van der Waals surface area contributed by atoms with Gasteiger partial charge in [-0.05, 0) is 56.0 Å². The third kappa shape index (κ3) is 5.99. The zero-order valence-electron chi connectivity index (χ0n) is 16.2. The molecule has 1 atom stereocenters. The first-order valence-corrected chi connectivity index (χ1v) is 10.5. The lowest BCUT2D eigenvalue weighted by molar-refractivity contribution is 0.647. The van der Waals surface area contributed by atoms with Crippen LogP contribution in [0.5, 0.6) is 0 Å². The molecule has 1 aromatic carbocycles. The van der Waals surface area contributed by atoms with Crippen LogP contribution in [-0.4, -0.2) is 48.0 Å². The highest BCUT2D eigenvalue weighted by molar-refractivity contribution is 9.10. The molecule has 1 aliphatic rings. The van der Waals surface area contributed by atoms with Crippen molar-refractivity contribution < 1.29 is 0 Å². The van der Waals surface area contributed by atoms with E-state index in [1.54, 1.807) is 0 Å². The Bertz CT molecular complexity index is 739. The van der Waals surface area contributed by atoms with Crippen molar-refractivity contribution >= 4 is 27.6 Å². The number of hydrogen-bond donors (Lipinski definition) is 2. The molecule has 146 valence electrons. The predicted molar refractivity (Wildman–Crippen MR) is 115 cm³/mol. The lowest BCUT2D eigenvalue weighted by Gasteiger charge is -2.20. The van der Waals surface area contributed by atoms with E-state index in [4.69, 9.17) is 4.99 Å². The van der Waals surface area contributed by atoms with E-state index in [2.05, 4.69) is 73.9 Å². The number of benzene rings is 1. The van der Waals surface area contributed by atoms with Gasteiger partial charge in [-0.1, -0.05) is 15.9 Å². The van der Waals surface area contributed by atoms with Crippen molar-refractivity contribution in [1.82, 2.24) is 20.4 Å². The fraction of sp³-hybridized carbons (Fsp3) is 0.500. The lowest BCUT2D eigenvalue weighted by Crippen LogP contribution is -2.44. The number of aliphatic imine (C=N–C) groups is 1. The molecule has 0 spiro atoms. The monoisotopic (exact) mass is 432 g/mol. The second kappa shape index (κ2) is 9.78. The summed E-state index contributed by atoms with van der Waals surface area (Å²) >= 11 is 3.50. The Morgan fingerprint density at radius 1 is 1.33 bits per heavy atom. The molecule has 0 aliphatic carbocycles. The molecule has 7 heteroatoms. The molecule has 1 saturated heterocycles. The quantitative estimate of drug-likeness (QED) is 0.401. The second-order valence-corrected chi connectivity index (χ2v) is 7.85. The van der Waals surface area contributed by atoms with E-state index in [9.17, 15) is 0 Å². The molecule has 6 nitrogen and oxygen atoms in total. The first kappa shape index (κ1) is 19.7. The summed E-state index contributed by atoms with van der Waals surface area (Å²) in [5, 5.41) is 11.2. The van der Waals surface area contributed by atoms with Gasteiger partial charge >= 0.3 is 0 Å². The first-order chi connectivity index (χ1) is 13.1. The van der Waals surface area contributed by atoms with Gasteiger partial charge in [-0.25, -0.2) is 0 Å². The highest BCUT2D eigenvalue weighted by atomic mass is 79.9. The van der Waals surface area contributed by atoms with Crippen LogP contribution in [0.1, 0.15) is 25.3 Å². The van der Waals surface area contributed by atoms with E-state index < -0.39 is 0 Å². The standard InChI is InChI=1S/C20H29BrN6/c1-3-22-20(23-11-4-5-16-13-24-26(2)14-16)25-18-10-12-27(15-18)19-8-6-17(21)7-9-19/h6-9,13-14,18H,3-5,10-12,15H2,1-2H3,(H2,22,23,25). The number of aryl methyl sites for hydroxylation is 2. The van der Waals surface area contributed by atoms with Crippen LogP contribution in [0, 0.1) is 0 Å². The molecule has 1 unspecified atom stereocenters. The molecular formula is C20H29BrN6. The summed E-state index contributed by atoms with van der Waals surface area (Å²) < 4.78 is 2.97. The number of hydrogen-bond acceptors (Lipinski definition) is 3. The van der Waals surface area contributed by atoms with E-state index in [1.165, 1.54) is 11.3 Å². The van der Waals surface area contributed by atoms with Crippen molar-refractivity contribution in [2.75, 3.05) is 31.1 Å². The Morgan fingerprint density at radius 2 is 2.15 bits per heavy atom. The van der Waals surface area contributed by atoms with Crippen LogP contribution < -0.4 is 15.5 Å². The lowest BCUT2D eigenvalue weighted by atomic mass is 10.2. The molecule has 0 amide bonds. The van der Waals surface area contributed by atoms with Gasteiger partial charge in [0.25, 0.3) is 0 Å². The maximum atomic E-state index is 4.75. The average molecular weight is 433 g/mol. The van der Waals surface area contributed by atoms with Gasteiger partial charge in [-0.2, -0.15) is 5.10 Å². The van der Waals surface area contributed by atoms with Gasteiger partial charge in [0, 0.05) is 55.6 Å². The maximum Gasteiger partial charge on any atom is 0.191 e. The molecule has 0 bridgehead atoms. The smallest absolute Gasteiger partial charge is 0.191 e. The largest absolute Gasteiger partial charge is 0.369 e. The molecule has 27 heavy (non-hydrogen) atoms. The molecule has 0 saturated carbocycles. The normalized spacial score (nSPS) is 17.4. The highest BCUT2D eigenvalue weighted by Gasteiger charge is 2.23. The SMILES string of the molecule is CCNC(=NCCCc1cnn(C)c1)NC1CCN(c2ccc(Br)cc2)C1. The Morgan fingerprint density at radius 3 is 2.85 bits per heavy atom. The minimum Gasteiger partial charge on any atom is -0.369 e. The summed E-state index contributed by atoms with van der Waals surface area (Å²) in [6.07, 6.45) is 7.16. The molecule has 1 aromatic heterocycles. The van der Waals surface area contributed by atoms with Gasteiger partial charge in [0.1, 0.15) is 0 Å². The van der Waals surface area contributed by atoms with Crippen molar-refractivity contribution in [2.24, 2.45) is 12.0 Å². The molecule has 2 heterocycles. The van der Waals surface area contributed by atoms with Crippen molar-refractivity contribution in [3.05, 3.63) is 46.7 Å². The number of nitrogens with zero attached hydrogens (tertiary/aromatic N) is 4. The minimum absolute atomic E-state index is 0.421. The number of guanidine groups is 1. The topological polar surface area (TPSA) is 57.5 Å². The van der Waals surface area contributed by atoms with Crippen molar-refractivity contribution in [3.63, 3.8) is 0 Å². The maximum absolute atomic E-state index is 4.75. The van der Waals surface area contributed by atoms with Crippen LogP contribution in [0.2, 0.25) is 0 Å². The second-order valence-electron chi connectivity index (χ2n) is 6.94. The van der Waals surface area contributed by atoms with Gasteiger partial charge in [-0.15, -0.1) is 0 Å². The summed E-state index contributed by atoms with van der Waals surface area (Å²) in [6.45, 7) is 5.86. The fourth-order valence-electron chi connectivity index (χ4n) is 3.35. The Balaban J connectivity index is 1.47. The minimum atomic E-state index is 0.421. The average Bonchev–Trinajstić information content (AvgIpc) is 3.28. The Labute approximate surface area is 170 Å². The number of nitrogens with one attached hydrogen (secondary N) is 2. The van der Waals surface area contributed by atoms with E-state index in [0.29, 0.717) is 6.04 Å². The molecule has 3 rings (SSSR count). The zero-order valence-corrected chi connectivity index (χ0v) is 17.7. The molecular weight excluding hydrogens is 404 g/mol. The van der Waals surface area contributed by atoms with Gasteiger partial charge in [-0.3, -0.25) is 9.67 Å². The molecule has 2 N–H and O–H groups in total. The van der Waals surface area contributed by atoms with Crippen molar-refractivity contribution in [2.45, 2.75) is 32.2 Å². The summed E-state index contributed by atoms with van der Waals surface area (Å²) in [5.74, 6) is 0.923. The van der Waals surface area contributed by atoms with Crippen LogP contribution in [0.3, 0.4) is 0 Å². The van der Waals surface area contributed by atoms with Crippen LogP contribution in [-0.2, 0) is 13.5 Å². The number of halogens is 1.